The summed E-state index contributed by atoms with van der Waals surface area (Å²) in [6.45, 7) is 17.1. The van der Waals surface area contributed by atoms with Gasteiger partial charge < -0.3 is 14.3 Å². The van der Waals surface area contributed by atoms with Crippen LogP contribution in [0.2, 0.25) is 18.1 Å². The summed E-state index contributed by atoms with van der Waals surface area (Å²) in [6, 6.07) is 3.99. The molecule has 0 spiro atoms. The van der Waals surface area contributed by atoms with Crippen LogP contribution in [0.4, 0.5) is 13.2 Å². The predicted molar refractivity (Wildman–Crippen MR) is 165 cm³/mol. The number of benzene rings is 1. The molecule has 42 heavy (non-hydrogen) atoms. The quantitative estimate of drug-likeness (QED) is 0.319. The number of pyridine rings is 1. The largest absolute Gasteiger partial charge is 0.417 e. The van der Waals surface area contributed by atoms with Crippen molar-refractivity contribution in [3.63, 3.8) is 0 Å². The van der Waals surface area contributed by atoms with Gasteiger partial charge in [0.1, 0.15) is 0 Å². The zero-order valence-electron chi connectivity index (χ0n) is 27.0. The van der Waals surface area contributed by atoms with Gasteiger partial charge in [-0.15, -0.1) is 0 Å². The summed E-state index contributed by atoms with van der Waals surface area (Å²) >= 11 is 0. The van der Waals surface area contributed by atoms with E-state index in [0.717, 1.165) is 67.8 Å². The van der Waals surface area contributed by atoms with Gasteiger partial charge in [-0.1, -0.05) is 59.9 Å². The fraction of sp³-hybridized carbons (Fsp3) is 0.676. The number of fused-ring (bicyclic) bond motifs is 1. The van der Waals surface area contributed by atoms with Crippen LogP contribution in [0, 0.1) is 5.41 Å². The molecule has 2 aliphatic carbocycles. The van der Waals surface area contributed by atoms with Crippen LogP contribution in [-0.2, 0) is 28.4 Å². The van der Waals surface area contributed by atoms with Crippen molar-refractivity contribution in [2.45, 2.75) is 136 Å². The van der Waals surface area contributed by atoms with Crippen LogP contribution in [0.1, 0.15) is 132 Å². The lowest BCUT2D eigenvalue weighted by Crippen LogP contribution is -2.44. The van der Waals surface area contributed by atoms with Gasteiger partial charge in [-0.05, 0) is 90.9 Å². The Bertz CT molecular complexity index is 1280. The highest BCUT2D eigenvalue weighted by molar-refractivity contribution is 6.74. The zero-order chi connectivity index (χ0) is 31.3. The number of alkyl halides is 3. The molecule has 1 unspecified atom stereocenters. The van der Waals surface area contributed by atoms with Crippen molar-refractivity contribution < 1.29 is 27.4 Å². The highest BCUT2D eigenvalue weighted by Crippen LogP contribution is 2.54. The Hall–Kier alpha value is -1.74. The van der Waals surface area contributed by atoms with E-state index < -0.39 is 26.2 Å². The van der Waals surface area contributed by atoms with Gasteiger partial charge in [0.25, 0.3) is 0 Å². The molecule has 1 fully saturated rings. The molecular formula is C34H50F3NO3Si. The molecule has 0 saturated heterocycles. The van der Waals surface area contributed by atoms with Gasteiger partial charge in [-0.2, -0.15) is 13.2 Å². The molecule has 0 bridgehead atoms. The molecular weight excluding hydrogens is 555 g/mol. The van der Waals surface area contributed by atoms with E-state index in [1.807, 2.05) is 6.92 Å². The Balaban J connectivity index is 2.16. The first-order valence-corrected chi connectivity index (χ1v) is 18.4. The summed E-state index contributed by atoms with van der Waals surface area (Å²) < 4.78 is 57.1. The van der Waals surface area contributed by atoms with Crippen molar-refractivity contribution in [1.82, 2.24) is 4.98 Å². The van der Waals surface area contributed by atoms with E-state index in [2.05, 4.69) is 47.7 Å². The van der Waals surface area contributed by atoms with Gasteiger partial charge in [-0.25, -0.2) is 0 Å². The fourth-order valence-corrected chi connectivity index (χ4v) is 7.86. The van der Waals surface area contributed by atoms with E-state index in [4.69, 9.17) is 14.1 Å². The molecule has 2 aromatic rings. The van der Waals surface area contributed by atoms with Gasteiger partial charge in [0.05, 0.1) is 30.1 Å². The maximum absolute atomic E-state index is 14.7. The minimum absolute atomic E-state index is 0.0283. The first kappa shape index (κ1) is 33.2. The number of methoxy groups -OCH3 is 1. The average molecular weight is 606 g/mol. The molecule has 4 nitrogen and oxygen atoms in total. The lowest BCUT2D eigenvalue weighted by Gasteiger charge is -2.46. The molecule has 234 valence electrons. The molecule has 4 rings (SSSR count). The minimum Gasteiger partial charge on any atom is -0.410 e. The number of aromatic nitrogens is 1. The van der Waals surface area contributed by atoms with Crippen molar-refractivity contribution >= 4 is 8.32 Å². The Labute approximate surface area is 251 Å². The average Bonchev–Trinajstić information content (AvgIpc) is 2.89. The van der Waals surface area contributed by atoms with Crippen LogP contribution in [0.25, 0.3) is 11.1 Å². The molecule has 8 heteroatoms. The normalized spacial score (nSPS) is 20.8. The second-order valence-electron chi connectivity index (χ2n) is 14.8. The van der Waals surface area contributed by atoms with E-state index in [1.165, 1.54) is 12.1 Å². The van der Waals surface area contributed by atoms with Gasteiger partial charge in [0, 0.05) is 23.9 Å². The van der Waals surface area contributed by atoms with Crippen LogP contribution >= 0.6 is 0 Å². The minimum atomic E-state index is -4.57. The zero-order valence-corrected chi connectivity index (χ0v) is 28.0. The second kappa shape index (κ2) is 12.0. The van der Waals surface area contributed by atoms with Crippen LogP contribution in [0.15, 0.2) is 18.2 Å². The summed E-state index contributed by atoms with van der Waals surface area (Å²) in [4.78, 5) is 5.21. The monoisotopic (exact) mass is 605 g/mol. The van der Waals surface area contributed by atoms with Crippen molar-refractivity contribution in [2.75, 3.05) is 7.11 Å². The number of aliphatic hydroxyl groups excluding tert-OH is 1. The Morgan fingerprint density at radius 2 is 1.71 bits per heavy atom. The summed E-state index contributed by atoms with van der Waals surface area (Å²) in [5.41, 5.74) is 3.72. The van der Waals surface area contributed by atoms with Crippen LogP contribution in [0.3, 0.4) is 0 Å². The highest BCUT2D eigenvalue weighted by atomic mass is 28.4. The lowest BCUT2D eigenvalue weighted by molar-refractivity contribution is -0.137. The van der Waals surface area contributed by atoms with Crippen molar-refractivity contribution in [2.24, 2.45) is 5.41 Å². The third-order valence-electron chi connectivity index (χ3n) is 9.92. The molecule has 2 atom stereocenters. The number of hydrogen-bond acceptors (Lipinski definition) is 4. The molecule has 1 heterocycles. The van der Waals surface area contributed by atoms with Gasteiger partial charge >= 0.3 is 6.18 Å². The SMILES string of the molecule is COC(C)c1nc2c(c(C3CCCCC3)c1-c1cc(CO)ccc1C(F)(F)F)[C@@H](O[Si](C)(C)C(C)(C)C)CC(C)(C)C2. The van der Waals surface area contributed by atoms with Crippen LogP contribution in [0.5, 0.6) is 0 Å². The summed E-state index contributed by atoms with van der Waals surface area (Å²) in [6.07, 6.45) is 1.22. The third-order valence-corrected chi connectivity index (χ3v) is 14.4. The smallest absolute Gasteiger partial charge is 0.410 e. The van der Waals surface area contributed by atoms with Crippen LogP contribution < -0.4 is 0 Å². The highest BCUT2D eigenvalue weighted by Gasteiger charge is 2.46. The second-order valence-corrected chi connectivity index (χ2v) is 19.6. The van der Waals surface area contributed by atoms with Crippen molar-refractivity contribution in [1.29, 1.82) is 0 Å². The first-order valence-electron chi connectivity index (χ1n) is 15.5. The molecule has 0 radical (unpaired) electrons. The van der Waals surface area contributed by atoms with E-state index in [9.17, 15) is 18.3 Å². The molecule has 1 saturated carbocycles. The Morgan fingerprint density at radius 1 is 1.07 bits per heavy atom. The molecule has 1 aromatic heterocycles. The number of nitrogens with zero attached hydrogens (tertiary/aromatic N) is 1. The van der Waals surface area contributed by atoms with Gasteiger partial charge in [0.15, 0.2) is 8.32 Å². The molecule has 1 N–H and O–H groups in total. The number of aliphatic hydroxyl groups is 1. The van der Waals surface area contributed by atoms with Crippen LogP contribution in [-0.4, -0.2) is 25.5 Å². The molecule has 0 amide bonds. The Morgan fingerprint density at radius 3 is 2.26 bits per heavy atom. The van der Waals surface area contributed by atoms with E-state index in [-0.39, 0.29) is 34.6 Å². The molecule has 2 aliphatic rings. The fourth-order valence-electron chi connectivity index (χ4n) is 6.59. The third kappa shape index (κ3) is 6.67. The maximum atomic E-state index is 14.7. The van der Waals surface area contributed by atoms with E-state index in [0.29, 0.717) is 16.8 Å². The lowest BCUT2D eigenvalue weighted by atomic mass is 9.69. The molecule has 0 aliphatic heterocycles. The first-order chi connectivity index (χ1) is 19.4. The predicted octanol–water partition coefficient (Wildman–Crippen LogP) is 10.1. The summed E-state index contributed by atoms with van der Waals surface area (Å²) in [7, 11) is -0.674. The number of rotatable bonds is 7. The topological polar surface area (TPSA) is 51.6 Å². The number of halogens is 3. The number of hydrogen-bond donors (Lipinski definition) is 1. The summed E-state index contributed by atoms with van der Waals surface area (Å²) in [5, 5.41) is 9.98. The Kier molecular flexibility index (Phi) is 9.46. The van der Waals surface area contributed by atoms with E-state index >= 15 is 0 Å². The maximum Gasteiger partial charge on any atom is 0.417 e. The van der Waals surface area contributed by atoms with Gasteiger partial charge in [-0.3, -0.25) is 4.98 Å². The van der Waals surface area contributed by atoms with Crippen molar-refractivity contribution in [3.8, 4) is 11.1 Å². The molecule has 1 aromatic carbocycles. The summed E-state index contributed by atoms with van der Waals surface area (Å²) in [5.74, 6) is 0.0962. The number of ether oxygens (including phenoxy) is 1. The van der Waals surface area contributed by atoms with Crippen molar-refractivity contribution in [3.05, 3.63) is 51.8 Å². The van der Waals surface area contributed by atoms with Gasteiger partial charge in [0.2, 0.25) is 0 Å². The standard InChI is InChI=1S/C34H50F3NO3Si/c1-21(40-7)31-29(24-17-22(20-39)15-16-25(24)34(35,36)37)28(23-13-11-10-12-14-23)30-26(38-31)18-33(5,6)19-27(30)41-42(8,9)32(2,3)4/h15-17,21,23,27,39H,10-14,18-20H2,1-9H3/t21?,27-/m0/s1. The van der Waals surface area contributed by atoms with E-state index in [1.54, 1.807) is 7.11 Å².